The van der Waals surface area contributed by atoms with Gasteiger partial charge in [-0.25, -0.2) is 0 Å². The Morgan fingerprint density at radius 2 is 2.00 bits per heavy atom. The minimum absolute atomic E-state index is 0.0199. The number of rotatable bonds is 4. The van der Waals surface area contributed by atoms with Crippen molar-refractivity contribution in [3.8, 4) is 0 Å². The highest BCUT2D eigenvalue weighted by Crippen LogP contribution is 2.44. The molecule has 4 heteroatoms. The van der Waals surface area contributed by atoms with E-state index in [2.05, 4.69) is 0 Å². The molecule has 0 amide bonds. The Kier molecular flexibility index (Phi) is 5.22. The second-order valence-electron chi connectivity index (χ2n) is 6.36. The molecule has 1 aliphatic carbocycles. The van der Waals surface area contributed by atoms with E-state index < -0.39 is 17.4 Å². The predicted octanol–water partition coefficient (Wildman–Crippen LogP) is 3.82. The van der Waals surface area contributed by atoms with Crippen LogP contribution in [0.25, 0.3) is 0 Å². The first-order valence-electron chi connectivity index (χ1n) is 7.86. The summed E-state index contributed by atoms with van der Waals surface area (Å²) in [6.45, 7) is 3.86. The van der Waals surface area contributed by atoms with Crippen molar-refractivity contribution in [1.29, 1.82) is 0 Å². The molecule has 21 heavy (non-hydrogen) atoms. The highest BCUT2D eigenvalue weighted by molar-refractivity contribution is 5.68. The monoisotopic (exact) mass is 294 g/mol. The van der Waals surface area contributed by atoms with E-state index in [0.717, 1.165) is 25.7 Å². The van der Waals surface area contributed by atoms with Gasteiger partial charge in [0.05, 0.1) is 18.1 Å². The molecule has 0 aromatic rings. The number of ether oxygens (including phenoxy) is 2. The number of carboxylic acids is 1. The predicted molar refractivity (Wildman–Crippen MR) is 81.0 cm³/mol. The van der Waals surface area contributed by atoms with E-state index in [1.54, 1.807) is 0 Å². The SMILES string of the molecule is CC=CC=CC1CC(C)(CC(=O)O)OC2(CCCCC2)O1. The summed E-state index contributed by atoms with van der Waals surface area (Å²) in [5.74, 6) is -1.41. The smallest absolute Gasteiger partial charge is 0.306 e. The van der Waals surface area contributed by atoms with Gasteiger partial charge in [-0.05, 0) is 26.7 Å². The largest absolute Gasteiger partial charge is 0.481 e. The molecule has 1 saturated carbocycles. The molecule has 1 heterocycles. The van der Waals surface area contributed by atoms with Gasteiger partial charge in [0.25, 0.3) is 0 Å². The van der Waals surface area contributed by atoms with Gasteiger partial charge >= 0.3 is 5.97 Å². The summed E-state index contributed by atoms with van der Waals surface area (Å²) in [4.78, 5) is 11.2. The van der Waals surface area contributed by atoms with Crippen LogP contribution in [0.4, 0.5) is 0 Å². The van der Waals surface area contributed by atoms with Gasteiger partial charge in [0.2, 0.25) is 0 Å². The van der Waals surface area contributed by atoms with Crippen LogP contribution in [-0.4, -0.2) is 28.6 Å². The van der Waals surface area contributed by atoms with E-state index in [-0.39, 0.29) is 12.5 Å². The van der Waals surface area contributed by atoms with Crippen molar-refractivity contribution < 1.29 is 19.4 Å². The molecular formula is C17H26O4. The number of carbonyl (C=O) groups is 1. The zero-order valence-corrected chi connectivity index (χ0v) is 13.0. The van der Waals surface area contributed by atoms with Gasteiger partial charge in [-0.1, -0.05) is 30.7 Å². The molecule has 0 radical (unpaired) electrons. The van der Waals surface area contributed by atoms with Crippen LogP contribution >= 0.6 is 0 Å². The fraction of sp³-hybridized carbons (Fsp3) is 0.706. The molecule has 0 aromatic carbocycles. The molecule has 0 bridgehead atoms. The average Bonchev–Trinajstić information content (AvgIpc) is 2.37. The first kappa shape index (κ1) is 16.2. The fourth-order valence-corrected chi connectivity index (χ4v) is 3.40. The maximum absolute atomic E-state index is 11.2. The van der Waals surface area contributed by atoms with Crippen LogP contribution in [0.2, 0.25) is 0 Å². The van der Waals surface area contributed by atoms with Crippen LogP contribution in [0.1, 0.15) is 58.8 Å². The van der Waals surface area contributed by atoms with Crippen molar-refractivity contribution in [1.82, 2.24) is 0 Å². The Bertz CT molecular complexity index is 421. The topological polar surface area (TPSA) is 55.8 Å². The van der Waals surface area contributed by atoms with Gasteiger partial charge in [-0.15, -0.1) is 0 Å². The van der Waals surface area contributed by atoms with Crippen LogP contribution in [0.15, 0.2) is 24.3 Å². The first-order chi connectivity index (χ1) is 9.97. The van der Waals surface area contributed by atoms with Crippen molar-refractivity contribution in [2.75, 3.05) is 0 Å². The van der Waals surface area contributed by atoms with E-state index in [4.69, 9.17) is 14.6 Å². The molecule has 118 valence electrons. The van der Waals surface area contributed by atoms with Gasteiger partial charge in [0.15, 0.2) is 5.79 Å². The Morgan fingerprint density at radius 1 is 1.29 bits per heavy atom. The van der Waals surface area contributed by atoms with Crippen molar-refractivity contribution in [2.45, 2.75) is 76.3 Å². The normalized spacial score (nSPS) is 33.0. The van der Waals surface area contributed by atoms with Crippen molar-refractivity contribution in [2.24, 2.45) is 0 Å². The van der Waals surface area contributed by atoms with Crippen LogP contribution in [0.5, 0.6) is 0 Å². The molecule has 2 rings (SSSR count). The standard InChI is InChI=1S/C17H26O4/c1-3-4-6-9-14-12-16(2,13-15(18)19)21-17(20-14)10-7-5-8-11-17/h3-4,6,9,14H,5,7-8,10-13H2,1-2H3,(H,18,19). The molecule has 1 saturated heterocycles. The Morgan fingerprint density at radius 3 is 2.62 bits per heavy atom. The Labute approximate surface area is 126 Å². The van der Waals surface area contributed by atoms with E-state index >= 15 is 0 Å². The van der Waals surface area contributed by atoms with Crippen molar-refractivity contribution >= 4 is 5.97 Å². The number of hydrogen-bond donors (Lipinski definition) is 1. The lowest BCUT2D eigenvalue weighted by Gasteiger charge is -2.50. The molecule has 1 N–H and O–H groups in total. The lowest BCUT2D eigenvalue weighted by atomic mass is 9.87. The maximum Gasteiger partial charge on any atom is 0.306 e. The number of carboxylic acid groups (broad SMARTS) is 1. The van der Waals surface area contributed by atoms with Gasteiger partial charge in [0.1, 0.15) is 0 Å². The Balaban J connectivity index is 2.17. The highest BCUT2D eigenvalue weighted by Gasteiger charge is 2.48. The summed E-state index contributed by atoms with van der Waals surface area (Å²) in [5, 5.41) is 9.17. The summed E-state index contributed by atoms with van der Waals surface area (Å²) in [6.07, 6.45) is 13.5. The maximum atomic E-state index is 11.2. The second-order valence-corrected chi connectivity index (χ2v) is 6.36. The van der Waals surface area contributed by atoms with Crippen LogP contribution in [0.3, 0.4) is 0 Å². The molecule has 2 aliphatic rings. The third-order valence-corrected chi connectivity index (χ3v) is 4.20. The van der Waals surface area contributed by atoms with E-state index in [9.17, 15) is 4.79 Å². The lowest BCUT2D eigenvalue weighted by molar-refractivity contribution is -0.348. The molecule has 1 spiro atoms. The third kappa shape index (κ3) is 4.42. The molecule has 2 atom stereocenters. The first-order valence-corrected chi connectivity index (χ1v) is 7.86. The second kappa shape index (κ2) is 6.75. The number of hydrogen-bond acceptors (Lipinski definition) is 3. The van der Waals surface area contributed by atoms with Crippen molar-refractivity contribution in [3.63, 3.8) is 0 Å². The lowest BCUT2D eigenvalue weighted by Crippen LogP contribution is -2.55. The van der Waals surface area contributed by atoms with E-state index in [1.807, 2.05) is 38.2 Å². The van der Waals surface area contributed by atoms with E-state index in [1.165, 1.54) is 6.42 Å². The van der Waals surface area contributed by atoms with Gasteiger partial charge in [-0.3, -0.25) is 4.79 Å². The summed E-state index contributed by atoms with van der Waals surface area (Å²) < 4.78 is 12.4. The number of allylic oxidation sites excluding steroid dienone is 3. The summed E-state index contributed by atoms with van der Waals surface area (Å²) in [6, 6.07) is 0. The minimum atomic E-state index is -0.818. The van der Waals surface area contributed by atoms with Gasteiger partial charge in [0, 0.05) is 19.3 Å². The van der Waals surface area contributed by atoms with Crippen LogP contribution in [-0.2, 0) is 14.3 Å². The highest BCUT2D eigenvalue weighted by atomic mass is 16.7. The zero-order valence-electron chi connectivity index (χ0n) is 13.0. The number of aliphatic carboxylic acids is 1. The summed E-state index contributed by atoms with van der Waals surface area (Å²) in [7, 11) is 0. The molecular weight excluding hydrogens is 268 g/mol. The Hall–Kier alpha value is -1.13. The zero-order chi connectivity index (χ0) is 15.3. The summed E-state index contributed by atoms with van der Waals surface area (Å²) in [5.41, 5.74) is -0.660. The molecule has 0 aromatic heterocycles. The quantitative estimate of drug-likeness (QED) is 0.801. The summed E-state index contributed by atoms with van der Waals surface area (Å²) >= 11 is 0. The van der Waals surface area contributed by atoms with Gasteiger partial charge < -0.3 is 14.6 Å². The van der Waals surface area contributed by atoms with Gasteiger partial charge in [-0.2, -0.15) is 0 Å². The molecule has 1 aliphatic heterocycles. The molecule has 2 unspecified atom stereocenters. The fourth-order valence-electron chi connectivity index (χ4n) is 3.40. The van der Waals surface area contributed by atoms with Crippen LogP contribution in [0, 0.1) is 0 Å². The van der Waals surface area contributed by atoms with Crippen LogP contribution < -0.4 is 0 Å². The minimum Gasteiger partial charge on any atom is -0.481 e. The third-order valence-electron chi connectivity index (χ3n) is 4.20. The molecule has 4 nitrogen and oxygen atoms in total. The van der Waals surface area contributed by atoms with E-state index in [0.29, 0.717) is 6.42 Å². The van der Waals surface area contributed by atoms with Crippen molar-refractivity contribution in [3.05, 3.63) is 24.3 Å². The average molecular weight is 294 g/mol. The molecule has 2 fully saturated rings.